The second-order valence-corrected chi connectivity index (χ2v) is 9.35. The minimum atomic E-state index is -0.639. The predicted molar refractivity (Wildman–Crippen MR) is 128 cm³/mol. The number of hydrogen-bond acceptors (Lipinski definition) is 5. The second-order valence-electron chi connectivity index (χ2n) is 9.35. The number of ether oxygens (including phenoxy) is 2. The highest BCUT2D eigenvalue weighted by molar-refractivity contribution is 5.99. The Balaban J connectivity index is 1.74. The summed E-state index contributed by atoms with van der Waals surface area (Å²) in [5.74, 6) is 0.743. The first-order valence-corrected chi connectivity index (χ1v) is 11.4. The molecule has 0 fully saturated rings. The van der Waals surface area contributed by atoms with E-state index in [2.05, 4.69) is 28.4 Å². The molecule has 172 valence electrons. The quantitative estimate of drug-likeness (QED) is 0.431. The largest absolute Gasteiger partial charge is 0.488 e. The number of pyridine rings is 1. The molecule has 0 bridgehead atoms. The summed E-state index contributed by atoms with van der Waals surface area (Å²) in [6, 6.07) is 11.8. The Bertz CT molecular complexity index is 1200. The van der Waals surface area contributed by atoms with Crippen molar-refractivity contribution in [1.82, 2.24) is 14.6 Å². The molecule has 0 aliphatic heterocycles. The van der Waals surface area contributed by atoms with Gasteiger partial charge in [0.25, 0.3) is 0 Å². The predicted octanol–water partition coefficient (Wildman–Crippen LogP) is 5.78. The molecule has 3 aromatic rings. The Hall–Kier alpha value is -3.41. The molecule has 0 saturated heterocycles. The lowest BCUT2D eigenvalue weighted by Gasteiger charge is -2.21. The van der Waals surface area contributed by atoms with Crippen LogP contribution in [-0.2, 0) is 17.8 Å². The van der Waals surface area contributed by atoms with Crippen LogP contribution in [-0.4, -0.2) is 26.2 Å². The third kappa shape index (κ3) is 5.51. The van der Waals surface area contributed by atoms with Crippen LogP contribution >= 0.6 is 0 Å². The van der Waals surface area contributed by atoms with E-state index in [1.165, 1.54) is 5.57 Å². The molecule has 0 atom stereocenters. The molecule has 0 N–H and O–H groups in total. The van der Waals surface area contributed by atoms with Crippen LogP contribution in [0.4, 0.5) is 0 Å². The van der Waals surface area contributed by atoms with Crippen LogP contribution in [0.5, 0.6) is 5.75 Å². The number of benzene rings is 1. The van der Waals surface area contributed by atoms with E-state index in [1.807, 2.05) is 68.5 Å². The standard InChI is InChI=1S/C27H31N3O3/c1-19-28-29-25-24(26(31)33-27(2,3)4)23(32-18-21-13-9-6-10-14-21)17-22(30(19)25)16-15-20-11-7-5-8-12-20/h5-7,9-11,13-14,17H,8,12,15-16,18H2,1-4H3. The van der Waals surface area contributed by atoms with E-state index in [0.717, 1.165) is 42.8 Å². The monoisotopic (exact) mass is 445 g/mol. The van der Waals surface area contributed by atoms with Crippen LogP contribution in [0.1, 0.15) is 67.5 Å². The zero-order valence-corrected chi connectivity index (χ0v) is 19.8. The summed E-state index contributed by atoms with van der Waals surface area (Å²) in [6.07, 6.45) is 10.4. The number of carbonyl (C=O) groups excluding carboxylic acids is 1. The average molecular weight is 446 g/mol. The van der Waals surface area contributed by atoms with Crippen molar-refractivity contribution in [2.24, 2.45) is 0 Å². The normalized spacial score (nSPS) is 13.8. The Morgan fingerprint density at radius 3 is 2.61 bits per heavy atom. The van der Waals surface area contributed by atoms with E-state index < -0.39 is 11.6 Å². The fourth-order valence-corrected chi connectivity index (χ4v) is 3.97. The van der Waals surface area contributed by atoms with Gasteiger partial charge in [-0.05, 0) is 58.9 Å². The molecular formula is C27H31N3O3. The first-order chi connectivity index (χ1) is 15.8. The Morgan fingerprint density at radius 2 is 1.91 bits per heavy atom. The number of rotatable bonds is 7. The van der Waals surface area contributed by atoms with Gasteiger partial charge in [-0.25, -0.2) is 4.79 Å². The summed E-state index contributed by atoms with van der Waals surface area (Å²) in [5.41, 5.74) is 3.59. The van der Waals surface area contributed by atoms with Crippen LogP contribution in [0.2, 0.25) is 0 Å². The van der Waals surface area contributed by atoms with E-state index >= 15 is 0 Å². The number of hydrogen-bond donors (Lipinski definition) is 0. The van der Waals surface area contributed by atoms with Crippen LogP contribution in [0, 0.1) is 6.92 Å². The Labute approximate surface area is 194 Å². The molecule has 33 heavy (non-hydrogen) atoms. The number of fused-ring (bicyclic) bond motifs is 1. The summed E-state index contributed by atoms with van der Waals surface area (Å²) >= 11 is 0. The van der Waals surface area contributed by atoms with Crippen molar-refractivity contribution in [1.29, 1.82) is 0 Å². The molecule has 0 radical (unpaired) electrons. The minimum absolute atomic E-state index is 0.310. The van der Waals surface area contributed by atoms with Crippen LogP contribution in [0.15, 0.2) is 60.2 Å². The maximum atomic E-state index is 13.2. The highest BCUT2D eigenvalue weighted by atomic mass is 16.6. The van der Waals surface area contributed by atoms with Crippen molar-refractivity contribution in [3.8, 4) is 5.75 Å². The highest BCUT2D eigenvalue weighted by Crippen LogP contribution is 2.30. The van der Waals surface area contributed by atoms with Crippen molar-refractivity contribution in [3.63, 3.8) is 0 Å². The molecule has 0 spiro atoms. The van der Waals surface area contributed by atoms with Crippen molar-refractivity contribution in [2.45, 2.75) is 65.6 Å². The third-order valence-electron chi connectivity index (χ3n) is 5.52. The summed E-state index contributed by atoms with van der Waals surface area (Å²) in [6.45, 7) is 7.79. The van der Waals surface area contributed by atoms with Gasteiger partial charge in [0.1, 0.15) is 29.3 Å². The number of esters is 1. The van der Waals surface area contributed by atoms with Gasteiger partial charge in [-0.3, -0.25) is 4.40 Å². The molecule has 2 heterocycles. The van der Waals surface area contributed by atoms with Crippen LogP contribution in [0.3, 0.4) is 0 Å². The van der Waals surface area contributed by atoms with Gasteiger partial charge in [-0.2, -0.15) is 0 Å². The highest BCUT2D eigenvalue weighted by Gasteiger charge is 2.27. The van der Waals surface area contributed by atoms with Crippen molar-refractivity contribution < 1.29 is 14.3 Å². The Morgan fingerprint density at radius 1 is 1.12 bits per heavy atom. The molecule has 0 saturated carbocycles. The van der Waals surface area contributed by atoms with E-state index in [1.54, 1.807) is 0 Å². The lowest BCUT2D eigenvalue weighted by molar-refractivity contribution is 0.00671. The van der Waals surface area contributed by atoms with Gasteiger partial charge in [0.05, 0.1) is 0 Å². The molecule has 1 aliphatic carbocycles. The maximum absolute atomic E-state index is 13.2. The third-order valence-corrected chi connectivity index (χ3v) is 5.52. The molecule has 1 aliphatic rings. The molecule has 2 aromatic heterocycles. The molecule has 0 unspecified atom stereocenters. The second kappa shape index (κ2) is 9.61. The van der Waals surface area contributed by atoms with E-state index in [-0.39, 0.29) is 0 Å². The fourth-order valence-electron chi connectivity index (χ4n) is 3.97. The zero-order chi connectivity index (χ0) is 23.4. The van der Waals surface area contributed by atoms with Crippen LogP contribution < -0.4 is 4.74 Å². The topological polar surface area (TPSA) is 65.7 Å². The van der Waals surface area contributed by atoms with Crippen molar-refractivity contribution in [3.05, 3.63) is 82.8 Å². The number of aryl methyl sites for hydroxylation is 2. The van der Waals surface area contributed by atoms with Gasteiger partial charge >= 0.3 is 5.97 Å². The maximum Gasteiger partial charge on any atom is 0.346 e. The molecular weight excluding hydrogens is 414 g/mol. The summed E-state index contributed by atoms with van der Waals surface area (Å²) < 4.78 is 13.9. The summed E-state index contributed by atoms with van der Waals surface area (Å²) in [7, 11) is 0. The molecule has 6 heteroatoms. The summed E-state index contributed by atoms with van der Waals surface area (Å²) in [4.78, 5) is 13.2. The van der Waals surface area contributed by atoms with Gasteiger partial charge in [0, 0.05) is 11.8 Å². The van der Waals surface area contributed by atoms with Gasteiger partial charge in [0.15, 0.2) is 5.65 Å². The molecule has 6 nitrogen and oxygen atoms in total. The number of nitrogens with zero attached hydrogens (tertiary/aromatic N) is 3. The number of allylic oxidation sites excluding steroid dienone is 4. The zero-order valence-electron chi connectivity index (χ0n) is 19.8. The van der Waals surface area contributed by atoms with Crippen LogP contribution in [0.25, 0.3) is 5.65 Å². The van der Waals surface area contributed by atoms with E-state index in [9.17, 15) is 4.79 Å². The first kappa shape index (κ1) is 22.8. The van der Waals surface area contributed by atoms with Gasteiger partial charge in [0.2, 0.25) is 0 Å². The SMILES string of the molecule is Cc1nnc2c(C(=O)OC(C)(C)C)c(OCc3ccccc3)cc(CCC3=CC=CCC3)n12. The van der Waals surface area contributed by atoms with Gasteiger partial charge < -0.3 is 9.47 Å². The van der Waals surface area contributed by atoms with Crippen molar-refractivity contribution in [2.75, 3.05) is 0 Å². The number of carbonyl (C=O) groups is 1. The smallest absolute Gasteiger partial charge is 0.346 e. The average Bonchev–Trinajstić information content (AvgIpc) is 3.17. The van der Waals surface area contributed by atoms with E-state index in [0.29, 0.717) is 23.6 Å². The summed E-state index contributed by atoms with van der Waals surface area (Å²) in [5, 5.41) is 8.62. The van der Waals surface area contributed by atoms with Gasteiger partial charge in [-0.15, -0.1) is 10.2 Å². The Kier molecular flexibility index (Phi) is 6.63. The fraction of sp³-hybridized carbons (Fsp3) is 0.370. The first-order valence-electron chi connectivity index (χ1n) is 11.4. The van der Waals surface area contributed by atoms with E-state index in [4.69, 9.17) is 9.47 Å². The lowest BCUT2D eigenvalue weighted by Crippen LogP contribution is -2.25. The van der Waals surface area contributed by atoms with Gasteiger partial charge in [-0.1, -0.05) is 54.1 Å². The minimum Gasteiger partial charge on any atom is -0.488 e. The molecule has 1 aromatic carbocycles. The molecule has 0 amide bonds. The molecule has 4 rings (SSSR count). The lowest BCUT2D eigenvalue weighted by atomic mass is 9.99. The van der Waals surface area contributed by atoms with Crippen molar-refractivity contribution >= 4 is 11.6 Å². The number of aromatic nitrogens is 3.